The molecular weight excluding hydrogens is 368 g/mol. The number of carbonyl (C=O) groups excluding carboxylic acids is 1. The highest BCUT2D eigenvalue weighted by atomic mass is 16.5. The normalized spacial score (nSPS) is 16.1. The maximum Gasteiger partial charge on any atom is 0.257 e. The van der Waals surface area contributed by atoms with Crippen molar-refractivity contribution in [1.82, 2.24) is 14.7 Å². The molecule has 150 valence electrons. The number of carbonyl (C=O) groups is 1. The van der Waals surface area contributed by atoms with Gasteiger partial charge in [-0.1, -0.05) is 18.2 Å². The third-order valence-corrected chi connectivity index (χ3v) is 5.13. The smallest absolute Gasteiger partial charge is 0.257 e. The molecule has 29 heavy (non-hydrogen) atoms. The van der Waals surface area contributed by atoms with Crippen LogP contribution >= 0.6 is 0 Å². The van der Waals surface area contributed by atoms with E-state index in [1.54, 1.807) is 30.0 Å². The van der Waals surface area contributed by atoms with Gasteiger partial charge in [0.15, 0.2) is 11.5 Å². The van der Waals surface area contributed by atoms with Crippen LogP contribution in [0.15, 0.2) is 54.7 Å². The van der Waals surface area contributed by atoms with Crippen LogP contribution in [0.4, 0.5) is 0 Å². The minimum Gasteiger partial charge on any atom is -0.493 e. The van der Waals surface area contributed by atoms with Crippen molar-refractivity contribution in [1.29, 1.82) is 0 Å². The first-order valence-corrected chi connectivity index (χ1v) is 9.53. The Balaban J connectivity index is 1.81. The van der Waals surface area contributed by atoms with Gasteiger partial charge in [-0.25, -0.2) is 4.68 Å². The second kappa shape index (κ2) is 7.97. The predicted molar refractivity (Wildman–Crippen MR) is 111 cm³/mol. The number of likely N-dealkylation sites (tertiary alicyclic amines) is 1. The molecule has 1 saturated heterocycles. The van der Waals surface area contributed by atoms with E-state index in [-0.39, 0.29) is 11.9 Å². The average molecular weight is 392 g/mol. The number of hydrogen-bond acceptors (Lipinski definition) is 5. The van der Waals surface area contributed by atoms with Crippen LogP contribution in [-0.4, -0.2) is 53.9 Å². The summed E-state index contributed by atoms with van der Waals surface area (Å²) in [6, 6.07) is 15.3. The summed E-state index contributed by atoms with van der Waals surface area (Å²) in [6.07, 6.45) is 2.60. The molecule has 0 bridgehead atoms. The van der Waals surface area contributed by atoms with Gasteiger partial charge in [0.1, 0.15) is 5.69 Å². The Morgan fingerprint density at radius 2 is 1.86 bits per heavy atom. The molecule has 1 aliphatic rings. The number of para-hydroxylation sites is 1. The molecule has 0 spiro atoms. The van der Waals surface area contributed by atoms with E-state index < -0.39 is 0 Å². The fraction of sp³-hybridized carbons (Fsp3) is 0.273. The maximum absolute atomic E-state index is 13.3. The number of rotatable bonds is 5. The lowest BCUT2D eigenvalue weighted by Crippen LogP contribution is -2.32. The van der Waals surface area contributed by atoms with Crippen molar-refractivity contribution in [3.8, 4) is 28.4 Å². The van der Waals surface area contributed by atoms with Crippen LogP contribution in [0, 0.1) is 0 Å². The third-order valence-electron chi connectivity index (χ3n) is 5.13. The summed E-state index contributed by atoms with van der Waals surface area (Å²) in [6.45, 7) is 1.21. The van der Waals surface area contributed by atoms with Gasteiger partial charge in [-0.2, -0.15) is 5.10 Å². The maximum atomic E-state index is 13.3. The Kier molecular flexibility index (Phi) is 5.22. The standard InChI is InChI=1S/C22H24N4O3/c1-28-19-9-8-15(12-20(19)29-2)21-18(22(27)25-11-10-16(23)13-25)14-26(24-21)17-6-4-3-5-7-17/h3-9,12,14,16H,10-11,13,23H2,1-2H3/t16-/m1/s1. The molecule has 2 aromatic carbocycles. The molecule has 0 radical (unpaired) electrons. The van der Waals surface area contributed by atoms with E-state index in [0.717, 1.165) is 17.7 Å². The summed E-state index contributed by atoms with van der Waals surface area (Å²) in [5.41, 5.74) is 8.81. The molecular formula is C22H24N4O3. The van der Waals surface area contributed by atoms with Gasteiger partial charge in [-0.15, -0.1) is 0 Å². The highest BCUT2D eigenvalue weighted by Gasteiger charge is 2.28. The molecule has 1 aliphatic heterocycles. The number of nitrogens with zero attached hydrogens (tertiary/aromatic N) is 3. The van der Waals surface area contributed by atoms with Crippen molar-refractivity contribution < 1.29 is 14.3 Å². The van der Waals surface area contributed by atoms with Gasteiger partial charge in [0.2, 0.25) is 0 Å². The quantitative estimate of drug-likeness (QED) is 0.722. The molecule has 0 saturated carbocycles. The highest BCUT2D eigenvalue weighted by molar-refractivity contribution is 6.00. The van der Waals surface area contributed by atoms with Gasteiger partial charge in [-0.05, 0) is 36.8 Å². The first-order valence-electron chi connectivity index (χ1n) is 9.53. The van der Waals surface area contributed by atoms with E-state index in [1.807, 2.05) is 48.5 Å². The SMILES string of the molecule is COc1ccc(-c2nn(-c3ccccc3)cc2C(=O)N2CC[C@@H](N)C2)cc1OC. The molecule has 0 unspecified atom stereocenters. The van der Waals surface area contributed by atoms with Crippen LogP contribution in [0.2, 0.25) is 0 Å². The lowest BCUT2D eigenvalue weighted by Gasteiger charge is -2.15. The van der Waals surface area contributed by atoms with E-state index >= 15 is 0 Å². The van der Waals surface area contributed by atoms with Crippen molar-refractivity contribution in [2.45, 2.75) is 12.5 Å². The second-order valence-corrected chi connectivity index (χ2v) is 7.04. The van der Waals surface area contributed by atoms with Crippen LogP contribution < -0.4 is 15.2 Å². The molecule has 0 aliphatic carbocycles. The summed E-state index contributed by atoms with van der Waals surface area (Å²) < 4.78 is 12.5. The van der Waals surface area contributed by atoms with E-state index in [4.69, 9.17) is 20.3 Å². The van der Waals surface area contributed by atoms with E-state index in [0.29, 0.717) is 35.8 Å². The molecule has 4 rings (SSSR count). The van der Waals surface area contributed by atoms with Gasteiger partial charge in [0, 0.05) is 30.9 Å². The van der Waals surface area contributed by atoms with E-state index in [9.17, 15) is 4.79 Å². The van der Waals surface area contributed by atoms with Crippen LogP contribution in [-0.2, 0) is 0 Å². The molecule has 1 aromatic heterocycles. The zero-order valence-electron chi connectivity index (χ0n) is 16.5. The molecule has 3 aromatic rings. The third kappa shape index (κ3) is 3.69. The summed E-state index contributed by atoms with van der Waals surface area (Å²) in [5, 5.41) is 4.73. The minimum atomic E-state index is -0.0649. The molecule has 2 N–H and O–H groups in total. The number of ether oxygens (including phenoxy) is 2. The van der Waals surface area contributed by atoms with Gasteiger partial charge in [0.05, 0.1) is 25.5 Å². The van der Waals surface area contributed by atoms with Crippen molar-refractivity contribution in [3.05, 3.63) is 60.3 Å². The molecule has 1 amide bonds. The van der Waals surface area contributed by atoms with Gasteiger partial charge < -0.3 is 20.1 Å². The average Bonchev–Trinajstić information content (AvgIpc) is 3.40. The van der Waals surface area contributed by atoms with Gasteiger partial charge in [0.25, 0.3) is 5.91 Å². The largest absolute Gasteiger partial charge is 0.493 e. The molecule has 2 heterocycles. The van der Waals surface area contributed by atoms with Gasteiger partial charge >= 0.3 is 0 Å². The summed E-state index contributed by atoms with van der Waals surface area (Å²) in [7, 11) is 3.18. The number of nitrogens with two attached hydrogens (primary N) is 1. The zero-order chi connectivity index (χ0) is 20.4. The number of amides is 1. The van der Waals surface area contributed by atoms with Crippen molar-refractivity contribution in [2.24, 2.45) is 5.73 Å². The van der Waals surface area contributed by atoms with Crippen LogP contribution in [0.5, 0.6) is 11.5 Å². The van der Waals surface area contributed by atoms with Crippen molar-refractivity contribution in [2.75, 3.05) is 27.3 Å². The number of benzene rings is 2. The van der Waals surface area contributed by atoms with E-state index in [2.05, 4.69) is 0 Å². The number of aromatic nitrogens is 2. The molecule has 1 fully saturated rings. The fourth-order valence-electron chi connectivity index (χ4n) is 3.58. The second-order valence-electron chi connectivity index (χ2n) is 7.04. The van der Waals surface area contributed by atoms with Crippen molar-refractivity contribution in [3.63, 3.8) is 0 Å². The Labute approximate surface area is 169 Å². The summed E-state index contributed by atoms with van der Waals surface area (Å²) >= 11 is 0. The van der Waals surface area contributed by atoms with Crippen LogP contribution in [0.25, 0.3) is 16.9 Å². The van der Waals surface area contributed by atoms with Crippen LogP contribution in [0.3, 0.4) is 0 Å². The van der Waals surface area contributed by atoms with Crippen LogP contribution in [0.1, 0.15) is 16.8 Å². The first-order chi connectivity index (χ1) is 14.1. The predicted octanol–water partition coefficient (Wildman–Crippen LogP) is 2.73. The topological polar surface area (TPSA) is 82.6 Å². The minimum absolute atomic E-state index is 0.0210. The van der Waals surface area contributed by atoms with E-state index in [1.165, 1.54) is 0 Å². The van der Waals surface area contributed by atoms with Crippen molar-refractivity contribution >= 4 is 5.91 Å². The Morgan fingerprint density at radius 1 is 1.10 bits per heavy atom. The zero-order valence-corrected chi connectivity index (χ0v) is 16.5. The van der Waals surface area contributed by atoms with Gasteiger partial charge in [-0.3, -0.25) is 4.79 Å². The molecule has 7 heteroatoms. The Hall–Kier alpha value is -3.32. The fourth-order valence-corrected chi connectivity index (χ4v) is 3.58. The number of methoxy groups -OCH3 is 2. The number of hydrogen-bond donors (Lipinski definition) is 1. The highest BCUT2D eigenvalue weighted by Crippen LogP contribution is 2.34. The monoisotopic (exact) mass is 392 g/mol. The summed E-state index contributed by atoms with van der Waals surface area (Å²) in [5.74, 6) is 1.14. The Morgan fingerprint density at radius 3 is 2.52 bits per heavy atom. The lowest BCUT2D eigenvalue weighted by atomic mass is 10.1. The molecule has 7 nitrogen and oxygen atoms in total. The first kappa shape index (κ1) is 19.0. The summed E-state index contributed by atoms with van der Waals surface area (Å²) in [4.78, 5) is 15.1. The Bertz CT molecular complexity index is 1020. The molecule has 1 atom stereocenters. The lowest BCUT2D eigenvalue weighted by molar-refractivity contribution is 0.0791.